The molecule has 2 aromatic heterocycles. The number of carbonyl (C=O) groups excluding carboxylic acids is 1. The zero-order valence-electron chi connectivity index (χ0n) is 12.0. The Hall–Kier alpha value is -1.63. The summed E-state index contributed by atoms with van der Waals surface area (Å²) in [7, 11) is 0. The van der Waals surface area contributed by atoms with Crippen LogP contribution in [0.2, 0.25) is 5.02 Å². The van der Waals surface area contributed by atoms with E-state index in [4.69, 9.17) is 20.8 Å². The zero-order chi connectivity index (χ0) is 16.4. The van der Waals surface area contributed by atoms with Crippen molar-refractivity contribution in [1.82, 2.24) is 4.98 Å². The van der Waals surface area contributed by atoms with Gasteiger partial charge in [-0.15, -0.1) is 11.3 Å². The van der Waals surface area contributed by atoms with Crippen LogP contribution in [0.1, 0.15) is 11.5 Å². The Balaban J connectivity index is 1.73. The molecule has 0 radical (unpaired) electrons. The van der Waals surface area contributed by atoms with Crippen molar-refractivity contribution >= 4 is 44.8 Å². The number of aryl methyl sites for hydroxylation is 1. The summed E-state index contributed by atoms with van der Waals surface area (Å²) in [5.74, 6) is 1.13. The lowest BCUT2D eigenvalue weighted by Crippen LogP contribution is -2.12. The van der Waals surface area contributed by atoms with Gasteiger partial charge < -0.3 is 9.15 Å². The minimum atomic E-state index is -0.415. The molecule has 0 bridgehead atoms. The second kappa shape index (κ2) is 6.86. The summed E-state index contributed by atoms with van der Waals surface area (Å²) in [6, 6.07) is 8.80. The molecule has 23 heavy (non-hydrogen) atoms. The summed E-state index contributed by atoms with van der Waals surface area (Å²) in [6.45, 7) is 1.78. The van der Waals surface area contributed by atoms with E-state index in [0.717, 1.165) is 4.88 Å². The number of hydrogen-bond acceptors (Lipinski definition) is 5. The Morgan fingerprint density at radius 3 is 2.96 bits per heavy atom. The smallest absolute Gasteiger partial charge is 0.317 e. The van der Waals surface area contributed by atoms with E-state index in [1.165, 1.54) is 11.3 Å². The van der Waals surface area contributed by atoms with Crippen LogP contribution in [0.3, 0.4) is 0 Å². The fourth-order valence-corrected chi connectivity index (χ4v) is 3.36. The normalized spacial score (nSPS) is 10.7. The van der Waals surface area contributed by atoms with Crippen LogP contribution in [0.25, 0.3) is 10.8 Å². The summed E-state index contributed by atoms with van der Waals surface area (Å²) in [5.41, 5.74) is 0.573. The van der Waals surface area contributed by atoms with Gasteiger partial charge in [-0.3, -0.25) is 4.79 Å². The van der Waals surface area contributed by atoms with E-state index in [1.807, 2.05) is 17.5 Å². The van der Waals surface area contributed by atoms with Crippen molar-refractivity contribution in [1.29, 1.82) is 0 Å². The number of carbonyl (C=O) groups is 1. The van der Waals surface area contributed by atoms with Gasteiger partial charge in [-0.1, -0.05) is 17.7 Å². The molecule has 0 aliphatic carbocycles. The van der Waals surface area contributed by atoms with E-state index >= 15 is 0 Å². The number of nitrogens with zero attached hydrogens (tertiary/aromatic N) is 1. The zero-order valence-corrected chi connectivity index (χ0v) is 15.2. The molecular weight excluding hydrogens is 402 g/mol. The highest BCUT2D eigenvalue weighted by Crippen LogP contribution is 2.29. The van der Waals surface area contributed by atoms with E-state index in [-0.39, 0.29) is 6.42 Å². The number of rotatable bonds is 4. The van der Waals surface area contributed by atoms with E-state index in [1.54, 1.807) is 25.1 Å². The van der Waals surface area contributed by atoms with Gasteiger partial charge >= 0.3 is 5.97 Å². The molecule has 0 saturated heterocycles. The number of benzene rings is 1. The number of oxazole rings is 1. The van der Waals surface area contributed by atoms with Gasteiger partial charge in [0.1, 0.15) is 11.5 Å². The fourth-order valence-electron chi connectivity index (χ4n) is 1.95. The molecule has 0 aliphatic heterocycles. The molecule has 0 N–H and O–H groups in total. The molecular formula is C16H11BrClNO3S. The van der Waals surface area contributed by atoms with Crippen LogP contribution >= 0.6 is 38.9 Å². The van der Waals surface area contributed by atoms with Gasteiger partial charge in [-0.25, -0.2) is 4.98 Å². The summed E-state index contributed by atoms with van der Waals surface area (Å²) < 4.78 is 11.6. The van der Waals surface area contributed by atoms with Crippen LogP contribution < -0.4 is 4.74 Å². The molecule has 7 heteroatoms. The average Bonchev–Trinajstić information content (AvgIpc) is 3.13. The van der Waals surface area contributed by atoms with Crippen LogP contribution in [0.4, 0.5) is 0 Å². The summed E-state index contributed by atoms with van der Waals surface area (Å²) >= 11 is 10.7. The number of esters is 1. The van der Waals surface area contributed by atoms with Crippen molar-refractivity contribution in [3.8, 4) is 16.5 Å². The first-order valence-electron chi connectivity index (χ1n) is 6.69. The Labute approximate surface area is 150 Å². The van der Waals surface area contributed by atoms with Crippen molar-refractivity contribution in [2.75, 3.05) is 0 Å². The van der Waals surface area contributed by atoms with Crippen molar-refractivity contribution in [2.45, 2.75) is 13.3 Å². The van der Waals surface area contributed by atoms with Gasteiger partial charge in [0.2, 0.25) is 5.89 Å². The number of ether oxygens (including phenoxy) is 1. The highest BCUT2D eigenvalue weighted by Gasteiger charge is 2.17. The lowest BCUT2D eigenvalue weighted by Gasteiger charge is -2.05. The highest BCUT2D eigenvalue weighted by atomic mass is 79.9. The maximum Gasteiger partial charge on any atom is 0.317 e. The minimum Gasteiger partial charge on any atom is -0.440 e. The van der Waals surface area contributed by atoms with Crippen LogP contribution in [0.15, 0.2) is 44.6 Å². The lowest BCUT2D eigenvalue weighted by atomic mass is 10.3. The number of halogens is 2. The molecule has 0 aliphatic rings. The monoisotopic (exact) mass is 411 g/mol. The molecule has 3 aromatic rings. The third kappa shape index (κ3) is 3.83. The van der Waals surface area contributed by atoms with Crippen LogP contribution in [0.5, 0.6) is 5.75 Å². The fraction of sp³-hybridized carbons (Fsp3) is 0.125. The molecule has 0 saturated carbocycles. The topological polar surface area (TPSA) is 52.3 Å². The second-order valence-electron chi connectivity index (χ2n) is 4.72. The van der Waals surface area contributed by atoms with Gasteiger partial charge in [0, 0.05) is 5.02 Å². The summed E-state index contributed by atoms with van der Waals surface area (Å²) in [6.07, 6.45) is 0.0375. The predicted octanol–water partition coefficient (Wildman–Crippen LogP) is 5.28. The van der Waals surface area contributed by atoms with Crippen LogP contribution in [-0.4, -0.2) is 11.0 Å². The third-order valence-electron chi connectivity index (χ3n) is 3.05. The van der Waals surface area contributed by atoms with E-state index in [2.05, 4.69) is 20.9 Å². The quantitative estimate of drug-likeness (QED) is 0.432. The number of hydrogen-bond donors (Lipinski definition) is 0. The maximum absolute atomic E-state index is 12.1. The first-order valence-corrected chi connectivity index (χ1v) is 8.74. The van der Waals surface area contributed by atoms with Gasteiger partial charge in [0.25, 0.3) is 0 Å². The molecule has 0 atom stereocenters. The van der Waals surface area contributed by atoms with E-state index < -0.39 is 5.97 Å². The van der Waals surface area contributed by atoms with Crippen molar-refractivity contribution in [2.24, 2.45) is 0 Å². The number of thiophene rings is 1. The molecule has 1 aromatic carbocycles. The molecule has 118 valence electrons. The lowest BCUT2D eigenvalue weighted by molar-refractivity contribution is -0.133. The molecule has 2 heterocycles. The van der Waals surface area contributed by atoms with E-state index in [0.29, 0.717) is 32.6 Å². The average molecular weight is 413 g/mol. The SMILES string of the molecule is Cc1oc(-c2cccs2)nc1CC(=O)Oc1ccc(Cl)cc1Br. The third-order valence-corrected chi connectivity index (χ3v) is 4.77. The first-order chi connectivity index (χ1) is 11.0. The van der Waals surface area contributed by atoms with Crippen molar-refractivity contribution < 1.29 is 13.9 Å². The molecule has 0 spiro atoms. The van der Waals surface area contributed by atoms with E-state index in [9.17, 15) is 4.79 Å². The Kier molecular flexibility index (Phi) is 4.84. The summed E-state index contributed by atoms with van der Waals surface area (Å²) in [4.78, 5) is 17.4. The first kappa shape index (κ1) is 16.2. The molecule has 3 rings (SSSR count). The number of aromatic nitrogens is 1. The predicted molar refractivity (Wildman–Crippen MR) is 93.0 cm³/mol. The maximum atomic E-state index is 12.1. The Morgan fingerprint density at radius 2 is 2.26 bits per heavy atom. The molecule has 0 fully saturated rings. The van der Waals surface area contributed by atoms with Crippen LogP contribution in [0, 0.1) is 6.92 Å². The largest absolute Gasteiger partial charge is 0.440 e. The second-order valence-corrected chi connectivity index (χ2v) is 6.96. The van der Waals surface area contributed by atoms with Crippen molar-refractivity contribution in [3.05, 3.63) is 56.7 Å². The highest BCUT2D eigenvalue weighted by molar-refractivity contribution is 9.10. The van der Waals surface area contributed by atoms with Crippen molar-refractivity contribution in [3.63, 3.8) is 0 Å². The van der Waals surface area contributed by atoms with Gasteiger partial charge in [0.15, 0.2) is 0 Å². The Morgan fingerprint density at radius 1 is 1.43 bits per heavy atom. The Bertz CT molecular complexity index is 845. The van der Waals surface area contributed by atoms with Gasteiger partial charge in [-0.2, -0.15) is 0 Å². The standard InChI is InChI=1S/C16H11BrClNO3S/c1-9-12(19-16(21-9)14-3-2-6-23-14)8-15(20)22-13-5-4-10(18)7-11(13)17/h2-7H,8H2,1H3. The molecule has 4 nitrogen and oxygen atoms in total. The van der Waals surface area contributed by atoms with Gasteiger partial charge in [-0.05, 0) is 52.5 Å². The molecule has 0 amide bonds. The minimum absolute atomic E-state index is 0.0375. The molecule has 0 unspecified atom stereocenters. The van der Waals surface area contributed by atoms with Crippen LogP contribution in [-0.2, 0) is 11.2 Å². The van der Waals surface area contributed by atoms with Gasteiger partial charge in [0.05, 0.1) is 21.5 Å². The summed E-state index contributed by atoms with van der Waals surface area (Å²) in [5, 5.41) is 2.51.